The van der Waals surface area contributed by atoms with Crippen LogP contribution in [-0.4, -0.2) is 25.8 Å². The highest BCUT2D eigenvalue weighted by molar-refractivity contribution is 6.11. The highest BCUT2D eigenvalue weighted by Gasteiger charge is 2.16. The van der Waals surface area contributed by atoms with Gasteiger partial charge < -0.3 is 15.1 Å². The summed E-state index contributed by atoms with van der Waals surface area (Å²) >= 11 is 0. The van der Waals surface area contributed by atoms with E-state index in [1.54, 1.807) is 30.5 Å². The normalized spacial score (nSPS) is 11.0. The van der Waals surface area contributed by atoms with Gasteiger partial charge in [-0.25, -0.2) is 4.98 Å². The Labute approximate surface area is 131 Å². The van der Waals surface area contributed by atoms with Crippen molar-refractivity contribution in [2.75, 3.05) is 0 Å². The zero-order valence-corrected chi connectivity index (χ0v) is 12.1. The molecule has 112 valence electrons. The number of para-hydroxylation sites is 3. The Morgan fingerprint density at radius 1 is 1.04 bits per heavy atom. The second kappa shape index (κ2) is 5.14. The van der Waals surface area contributed by atoms with Crippen LogP contribution in [0.4, 0.5) is 0 Å². The number of benzene rings is 2. The van der Waals surface area contributed by atoms with Gasteiger partial charge in [0.1, 0.15) is 5.75 Å². The van der Waals surface area contributed by atoms with Crippen molar-refractivity contribution >= 4 is 16.8 Å². The van der Waals surface area contributed by atoms with Crippen molar-refractivity contribution in [2.24, 2.45) is 0 Å². The third-order valence-corrected chi connectivity index (χ3v) is 3.74. The van der Waals surface area contributed by atoms with Gasteiger partial charge in [0.2, 0.25) is 0 Å². The Kier molecular flexibility index (Phi) is 2.98. The maximum Gasteiger partial charge on any atom is 0.198 e. The van der Waals surface area contributed by atoms with Crippen LogP contribution < -0.4 is 0 Å². The lowest BCUT2D eigenvalue weighted by Gasteiger charge is -2.00. The second-order valence-electron chi connectivity index (χ2n) is 5.25. The number of aromatic nitrogens is 3. The first-order valence-electron chi connectivity index (χ1n) is 7.18. The predicted octanol–water partition coefficient (Wildman–Crippen LogP) is 3.49. The Balaban J connectivity index is 1.71. The number of aromatic hydroxyl groups is 1. The van der Waals surface area contributed by atoms with Crippen LogP contribution in [0.3, 0.4) is 0 Å². The van der Waals surface area contributed by atoms with E-state index in [2.05, 4.69) is 15.0 Å². The molecule has 5 nitrogen and oxygen atoms in total. The third kappa shape index (κ3) is 2.28. The van der Waals surface area contributed by atoms with Crippen molar-refractivity contribution in [2.45, 2.75) is 0 Å². The van der Waals surface area contributed by atoms with E-state index in [1.165, 1.54) is 6.07 Å². The molecule has 0 radical (unpaired) electrons. The standard InChI is InChI=1S/C18H13N3O2/c22-16-8-4-1-5-12(16)17(23)11-9-15(19-10-11)18-20-13-6-2-3-7-14(13)21-18/h1-10,19,22H,(H,20,21). The topological polar surface area (TPSA) is 81.8 Å². The number of phenols is 1. The van der Waals surface area contributed by atoms with Crippen LogP contribution in [0.1, 0.15) is 15.9 Å². The van der Waals surface area contributed by atoms with Crippen molar-refractivity contribution < 1.29 is 9.90 Å². The molecule has 0 aliphatic rings. The number of aromatic amines is 2. The van der Waals surface area contributed by atoms with E-state index < -0.39 is 0 Å². The summed E-state index contributed by atoms with van der Waals surface area (Å²) in [6.45, 7) is 0. The summed E-state index contributed by atoms with van der Waals surface area (Å²) < 4.78 is 0. The molecule has 0 saturated heterocycles. The maximum absolute atomic E-state index is 12.5. The zero-order chi connectivity index (χ0) is 15.8. The molecule has 0 aliphatic carbocycles. The van der Waals surface area contributed by atoms with Crippen molar-refractivity contribution in [1.82, 2.24) is 15.0 Å². The van der Waals surface area contributed by atoms with Gasteiger partial charge in [0.15, 0.2) is 11.6 Å². The lowest BCUT2D eigenvalue weighted by Crippen LogP contribution is -1.99. The summed E-state index contributed by atoms with van der Waals surface area (Å²) in [5.41, 5.74) is 3.28. The summed E-state index contributed by atoms with van der Waals surface area (Å²) in [5.74, 6) is 0.410. The average molecular weight is 303 g/mol. The van der Waals surface area contributed by atoms with Gasteiger partial charge in [0.25, 0.3) is 0 Å². The average Bonchev–Trinajstić information content (AvgIpc) is 3.21. The van der Waals surface area contributed by atoms with Crippen molar-refractivity contribution in [3.63, 3.8) is 0 Å². The van der Waals surface area contributed by atoms with Gasteiger partial charge in [-0.3, -0.25) is 4.79 Å². The van der Waals surface area contributed by atoms with Gasteiger partial charge in [-0.15, -0.1) is 0 Å². The molecule has 5 heteroatoms. The molecule has 2 aromatic heterocycles. The Morgan fingerprint density at radius 3 is 2.65 bits per heavy atom. The molecular weight excluding hydrogens is 290 g/mol. The summed E-state index contributed by atoms with van der Waals surface area (Å²) in [5, 5.41) is 9.81. The zero-order valence-electron chi connectivity index (χ0n) is 12.1. The van der Waals surface area contributed by atoms with E-state index in [9.17, 15) is 9.90 Å². The fraction of sp³-hybridized carbons (Fsp3) is 0. The SMILES string of the molecule is O=C(c1c[nH]c(-c2nc3ccccc3[nH]2)c1)c1ccccc1O. The quantitative estimate of drug-likeness (QED) is 0.507. The number of ketones is 1. The molecule has 0 amide bonds. The monoisotopic (exact) mass is 303 g/mol. The first-order chi connectivity index (χ1) is 11.2. The van der Waals surface area contributed by atoms with Crippen LogP contribution in [0, 0.1) is 0 Å². The minimum atomic E-state index is -0.235. The lowest BCUT2D eigenvalue weighted by molar-refractivity contribution is 0.103. The fourth-order valence-corrected chi connectivity index (χ4v) is 2.56. The molecule has 0 unspecified atom stereocenters. The number of carbonyl (C=O) groups excluding carboxylic acids is 1. The van der Waals surface area contributed by atoms with Gasteiger partial charge in [0, 0.05) is 11.8 Å². The van der Waals surface area contributed by atoms with Crippen LogP contribution in [0.5, 0.6) is 5.75 Å². The Hall–Kier alpha value is -3.34. The molecule has 2 aromatic carbocycles. The molecule has 23 heavy (non-hydrogen) atoms. The van der Waals surface area contributed by atoms with Crippen LogP contribution in [0.2, 0.25) is 0 Å². The number of nitrogens with zero attached hydrogens (tertiary/aromatic N) is 1. The Morgan fingerprint density at radius 2 is 1.83 bits per heavy atom. The molecule has 0 fully saturated rings. The van der Waals surface area contributed by atoms with Crippen LogP contribution in [0.15, 0.2) is 60.8 Å². The number of phenolic OH excluding ortho intramolecular Hbond substituents is 1. The van der Waals surface area contributed by atoms with Crippen molar-refractivity contribution in [3.8, 4) is 17.3 Å². The lowest BCUT2D eigenvalue weighted by atomic mass is 10.0. The van der Waals surface area contributed by atoms with Crippen LogP contribution >= 0.6 is 0 Å². The van der Waals surface area contributed by atoms with Gasteiger partial charge in [-0.05, 0) is 30.3 Å². The molecule has 0 bridgehead atoms. The summed E-state index contributed by atoms with van der Waals surface area (Å²) in [4.78, 5) is 23.2. The minimum absolute atomic E-state index is 0.0241. The minimum Gasteiger partial charge on any atom is -0.507 e. The van der Waals surface area contributed by atoms with Crippen LogP contribution in [0.25, 0.3) is 22.6 Å². The van der Waals surface area contributed by atoms with Gasteiger partial charge in [0.05, 0.1) is 22.3 Å². The maximum atomic E-state index is 12.5. The molecule has 0 spiro atoms. The first-order valence-corrected chi connectivity index (χ1v) is 7.18. The van der Waals surface area contributed by atoms with Crippen molar-refractivity contribution in [3.05, 3.63) is 71.9 Å². The molecular formula is C18H13N3O2. The summed E-state index contributed by atoms with van der Waals surface area (Å²) in [7, 11) is 0. The number of H-pyrrole nitrogens is 2. The number of hydrogen-bond acceptors (Lipinski definition) is 3. The molecule has 4 rings (SSSR count). The second-order valence-corrected chi connectivity index (χ2v) is 5.25. The van der Waals surface area contributed by atoms with E-state index in [1.807, 2.05) is 24.3 Å². The van der Waals surface area contributed by atoms with E-state index in [0.717, 1.165) is 16.7 Å². The largest absolute Gasteiger partial charge is 0.507 e. The van der Waals surface area contributed by atoms with Crippen LogP contribution in [-0.2, 0) is 0 Å². The molecule has 0 saturated carbocycles. The number of hydrogen-bond donors (Lipinski definition) is 3. The number of carbonyl (C=O) groups is 1. The van der Waals surface area contributed by atoms with E-state index in [4.69, 9.17) is 0 Å². The van der Waals surface area contributed by atoms with E-state index >= 15 is 0 Å². The number of fused-ring (bicyclic) bond motifs is 1. The van der Waals surface area contributed by atoms with E-state index in [-0.39, 0.29) is 17.1 Å². The highest BCUT2D eigenvalue weighted by atomic mass is 16.3. The molecule has 0 aliphatic heterocycles. The van der Waals surface area contributed by atoms with Crippen molar-refractivity contribution in [1.29, 1.82) is 0 Å². The highest BCUT2D eigenvalue weighted by Crippen LogP contribution is 2.24. The molecule has 2 heterocycles. The van der Waals surface area contributed by atoms with Gasteiger partial charge >= 0.3 is 0 Å². The van der Waals surface area contributed by atoms with Gasteiger partial charge in [-0.1, -0.05) is 24.3 Å². The number of rotatable bonds is 3. The van der Waals surface area contributed by atoms with E-state index in [0.29, 0.717) is 11.4 Å². The third-order valence-electron chi connectivity index (χ3n) is 3.74. The van der Waals surface area contributed by atoms with Gasteiger partial charge in [-0.2, -0.15) is 0 Å². The molecule has 4 aromatic rings. The molecule has 3 N–H and O–H groups in total. The smallest absolute Gasteiger partial charge is 0.198 e. The predicted molar refractivity (Wildman–Crippen MR) is 87.4 cm³/mol. The molecule has 0 atom stereocenters. The fourth-order valence-electron chi connectivity index (χ4n) is 2.56. The summed E-state index contributed by atoms with van der Waals surface area (Å²) in [6, 6.07) is 16.0. The Bertz CT molecular complexity index is 981. The number of nitrogens with one attached hydrogen (secondary N) is 2. The summed E-state index contributed by atoms with van der Waals surface area (Å²) in [6.07, 6.45) is 1.62. The number of imidazole rings is 1. The first kappa shape index (κ1) is 13.3.